The number of carboxylic acid groups (broad SMARTS) is 1. The molecule has 0 atom stereocenters. The SMILES string of the molecule is CCCCN(c1ccccc1CCc1ccc(C(=O)O)cc1)S(=O)(=O)c1ccc(C(C)(C)C)cc1. The quantitative estimate of drug-likeness (QED) is 0.352. The van der Waals surface area contributed by atoms with Gasteiger partial charge in [-0.05, 0) is 71.7 Å². The Kier molecular flexibility index (Phi) is 8.39. The van der Waals surface area contributed by atoms with E-state index in [-0.39, 0.29) is 11.0 Å². The number of aryl methyl sites for hydroxylation is 2. The van der Waals surface area contributed by atoms with Gasteiger partial charge in [-0.25, -0.2) is 13.2 Å². The second-order valence-electron chi connectivity index (χ2n) is 9.84. The summed E-state index contributed by atoms with van der Waals surface area (Å²) in [5, 5.41) is 9.11. The van der Waals surface area contributed by atoms with Gasteiger partial charge in [0.25, 0.3) is 10.0 Å². The fraction of sp³-hybridized carbons (Fsp3) is 0.345. The van der Waals surface area contributed by atoms with Crippen LogP contribution in [0.25, 0.3) is 0 Å². The van der Waals surface area contributed by atoms with Crippen molar-refractivity contribution in [1.82, 2.24) is 0 Å². The Morgan fingerprint density at radius 2 is 1.51 bits per heavy atom. The number of carboxylic acids is 1. The molecule has 6 heteroatoms. The predicted molar refractivity (Wildman–Crippen MR) is 142 cm³/mol. The predicted octanol–water partition coefficient (Wildman–Crippen LogP) is 6.46. The number of aromatic carboxylic acids is 1. The second-order valence-corrected chi connectivity index (χ2v) is 11.7. The fourth-order valence-corrected chi connectivity index (χ4v) is 5.53. The topological polar surface area (TPSA) is 74.7 Å². The first kappa shape index (κ1) is 26.5. The maximum Gasteiger partial charge on any atom is 0.335 e. The van der Waals surface area contributed by atoms with Crippen molar-refractivity contribution in [1.29, 1.82) is 0 Å². The second kappa shape index (κ2) is 11.1. The van der Waals surface area contributed by atoms with E-state index >= 15 is 0 Å². The van der Waals surface area contributed by atoms with E-state index < -0.39 is 16.0 Å². The van der Waals surface area contributed by atoms with Crippen LogP contribution in [-0.4, -0.2) is 26.0 Å². The fourth-order valence-electron chi connectivity index (χ4n) is 3.98. The van der Waals surface area contributed by atoms with Gasteiger partial charge in [-0.2, -0.15) is 0 Å². The minimum absolute atomic E-state index is 0.0561. The lowest BCUT2D eigenvalue weighted by Crippen LogP contribution is -2.33. The Labute approximate surface area is 209 Å². The monoisotopic (exact) mass is 493 g/mol. The van der Waals surface area contributed by atoms with Gasteiger partial charge < -0.3 is 5.11 Å². The first-order valence-corrected chi connectivity index (χ1v) is 13.5. The Hall–Kier alpha value is -3.12. The van der Waals surface area contributed by atoms with Crippen molar-refractivity contribution in [3.05, 3.63) is 95.1 Å². The summed E-state index contributed by atoms with van der Waals surface area (Å²) in [6.45, 7) is 8.78. The number of sulfonamides is 1. The minimum atomic E-state index is -3.74. The number of nitrogens with zero attached hydrogens (tertiary/aromatic N) is 1. The highest BCUT2D eigenvalue weighted by atomic mass is 32.2. The highest BCUT2D eigenvalue weighted by Gasteiger charge is 2.27. The van der Waals surface area contributed by atoms with Crippen molar-refractivity contribution in [2.75, 3.05) is 10.8 Å². The maximum absolute atomic E-state index is 13.8. The van der Waals surface area contributed by atoms with Crippen LogP contribution in [0.3, 0.4) is 0 Å². The molecule has 0 radical (unpaired) electrons. The van der Waals surface area contributed by atoms with E-state index in [9.17, 15) is 13.2 Å². The van der Waals surface area contributed by atoms with Crippen molar-refractivity contribution in [2.24, 2.45) is 0 Å². The van der Waals surface area contributed by atoms with Crippen molar-refractivity contribution in [3.8, 4) is 0 Å². The number of hydrogen-bond donors (Lipinski definition) is 1. The summed E-state index contributed by atoms with van der Waals surface area (Å²) in [7, 11) is -3.74. The molecule has 0 aliphatic heterocycles. The van der Waals surface area contributed by atoms with Crippen LogP contribution in [-0.2, 0) is 28.3 Å². The normalized spacial score (nSPS) is 11.9. The summed E-state index contributed by atoms with van der Waals surface area (Å²) in [4.78, 5) is 11.4. The molecule has 5 nitrogen and oxygen atoms in total. The molecule has 0 aliphatic carbocycles. The standard InChI is InChI=1S/C29H35NO4S/c1-5-6-21-30(35(33,34)26-19-17-25(18-20-26)29(2,3)4)27-10-8-7-9-23(27)14-11-22-12-15-24(16-13-22)28(31)32/h7-10,12-13,15-20H,5-6,11,14,21H2,1-4H3,(H,31,32). The molecular formula is C29H35NO4S. The highest BCUT2D eigenvalue weighted by molar-refractivity contribution is 7.92. The van der Waals surface area contributed by atoms with E-state index in [1.807, 2.05) is 48.5 Å². The number of rotatable bonds is 10. The van der Waals surface area contributed by atoms with E-state index in [0.29, 0.717) is 30.0 Å². The van der Waals surface area contributed by atoms with E-state index in [1.165, 1.54) is 0 Å². The third kappa shape index (κ3) is 6.51. The lowest BCUT2D eigenvalue weighted by atomic mass is 9.87. The number of para-hydroxylation sites is 1. The van der Waals surface area contributed by atoms with Crippen molar-refractivity contribution in [2.45, 2.75) is 63.7 Å². The van der Waals surface area contributed by atoms with Crippen LogP contribution in [0, 0.1) is 0 Å². The van der Waals surface area contributed by atoms with Gasteiger partial charge in [-0.1, -0.05) is 76.6 Å². The summed E-state index contributed by atoms with van der Waals surface area (Å²) >= 11 is 0. The third-order valence-corrected chi connectivity index (χ3v) is 7.99. The van der Waals surface area contributed by atoms with Gasteiger partial charge in [0, 0.05) is 6.54 Å². The average molecular weight is 494 g/mol. The van der Waals surface area contributed by atoms with E-state index in [4.69, 9.17) is 5.11 Å². The molecule has 3 aromatic carbocycles. The lowest BCUT2D eigenvalue weighted by Gasteiger charge is -2.27. The van der Waals surface area contributed by atoms with Crippen molar-refractivity contribution in [3.63, 3.8) is 0 Å². The van der Waals surface area contributed by atoms with E-state index in [0.717, 1.165) is 29.5 Å². The van der Waals surface area contributed by atoms with Gasteiger partial charge in [-0.15, -0.1) is 0 Å². The van der Waals surface area contributed by atoms with Crippen LogP contribution >= 0.6 is 0 Å². The molecule has 186 valence electrons. The van der Waals surface area contributed by atoms with Crippen LogP contribution < -0.4 is 4.31 Å². The molecule has 0 amide bonds. The number of anilines is 1. The first-order valence-electron chi connectivity index (χ1n) is 12.1. The Balaban J connectivity index is 1.92. The molecule has 0 fully saturated rings. The van der Waals surface area contributed by atoms with Gasteiger partial charge in [0.1, 0.15) is 0 Å². The molecule has 0 bridgehead atoms. The van der Waals surface area contributed by atoms with Crippen LogP contribution in [0.4, 0.5) is 5.69 Å². The largest absolute Gasteiger partial charge is 0.478 e. The number of unbranched alkanes of at least 4 members (excludes halogenated alkanes) is 1. The van der Waals surface area contributed by atoms with Gasteiger partial charge in [0.2, 0.25) is 0 Å². The smallest absolute Gasteiger partial charge is 0.335 e. The lowest BCUT2D eigenvalue weighted by molar-refractivity contribution is 0.0697. The number of benzene rings is 3. The van der Waals surface area contributed by atoms with Crippen LogP contribution in [0.15, 0.2) is 77.7 Å². The zero-order valence-electron chi connectivity index (χ0n) is 21.0. The summed E-state index contributed by atoms with van der Waals surface area (Å²) < 4.78 is 29.1. The molecule has 0 saturated carbocycles. The van der Waals surface area contributed by atoms with E-state index in [2.05, 4.69) is 27.7 Å². The molecule has 3 rings (SSSR count). The Bertz CT molecular complexity index is 1240. The zero-order valence-corrected chi connectivity index (χ0v) is 21.8. The average Bonchev–Trinajstić information content (AvgIpc) is 2.83. The molecule has 0 spiro atoms. The molecule has 35 heavy (non-hydrogen) atoms. The molecule has 0 unspecified atom stereocenters. The zero-order chi connectivity index (χ0) is 25.6. The summed E-state index contributed by atoms with van der Waals surface area (Å²) in [6, 6.07) is 21.7. The summed E-state index contributed by atoms with van der Waals surface area (Å²) in [5.41, 5.74) is 3.93. The summed E-state index contributed by atoms with van der Waals surface area (Å²) in [6.07, 6.45) is 2.96. The molecule has 3 aromatic rings. The molecule has 1 N–H and O–H groups in total. The number of hydrogen-bond acceptors (Lipinski definition) is 3. The van der Waals surface area contributed by atoms with Crippen LogP contribution in [0.2, 0.25) is 0 Å². The molecular weight excluding hydrogens is 458 g/mol. The molecule has 0 saturated heterocycles. The van der Waals surface area contributed by atoms with Crippen LogP contribution in [0.1, 0.15) is 67.6 Å². The number of carbonyl (C=O) groups is 1. The minimum Gasteiger partial charge on any atom is -0.478 e. The first-order chi connectivity index (χ1) is 16.5. The maximum atomic E-state index is 13.8. The van der Waals surface area contributed by atoms with Crippen molar-refractivity contribution >= 4 is 21.7 Å². The summed E-state index contributed by atoms with van der Waals surface area (Å²) in [5.74, 6) is -0.950. The molecule has 0 heterocycles. The van der Waals surface area contributed by atoms with Crippen LogP contribution in [0.5, 0.6) is 0 Å². The highest BCUT2D eigenvalue weighted by Crippen LogP contribution is 2.30. The van der Waals surface area contributed by atoms with Gasteiger partial charge in [-0.3, -0.25) is 4.31 Å². The van der Waals surface area contributed by atoms with Crippen molar-refractivity contribution < 1.29 is 18.3 Å². The molecule has 0 aliphatic rings. The Morgan fingerprint density at radius 1 is 0.886 bits per heavy atom. The van der Waals surface area contributed by atoms with Gasteiger partial charge in [0.05, 0.1) is 16.1 Å². The third-order valence-electron chi connectivity index (χ3n) is 6.17. The molecule has 0 aromatic heterocycles. The van der Waals surface area contributed by atoms with Gasteiger partial charge in [0.15, 0.2) is 0 Å². The van der Waals surface area contributed by atoms with Gasteiger partial charge >= 0.3 is 5.97 Å². The Morgan fingerprint density at radius 3 is 2.09 bits per heavy atom. The van der Waals surface area contributed by atoms with E-state index in [1.54, 1.807) is 28.6 Å².